The number of carbonyl (C=O) groups is 1. The first kappa shape index (κ1) is 11.6. The number of nitrogens with zero attached hydrogens (tertiary/aromatic N) is 2. The summed E-state index contributed by atoms with van der Waals surface area (Å²) in [5.74, 6) is 0.450. The summed E-state index contributed by atoms with van der Waals surface area (Å²) >= 11 is 0. The molecule has 2 aliphatic rings. The van der Waals surface area contributed by atoms with E-state index >= 15 is 0 Å². The number of methoxy groups -OCH3 is 1. The lowest BCUT2D eigenvalue weighted by Crippen LogP contribution is -2.29. The Bertz CT molecular complexity index is 509. The second-order valence-electron chi connectivity index (χ2n) is 5.30. The van der Waals surface area contributed by atoms with Gasteiger partial charge < -0.3 is 10.1 Å². The highest BCUT2D eigenvalue weighted by Crippen LogP contribution is 2.46. The van der Waals surface area contributed by atoms with E-state index < -0.39 is 0 Å². The summed E-state index contributed by atoms with van der Waals surface area (Å²) in [4.78, 5) is 21.0. The quantitative estimate of drug-likeness (QED) is 0.789. The Morgan fingerprint density at radius 1 is 1.39 bits per heavy atom. The van der Waals surface area contributed by atoms with Crippen LogP contribution in [0.15, 0.2) is 0 Å². The maximum Gasteiger partial charge on any atom is 0.357 e. The van der Waals surface area contributed by atoms with Crippen LogP contribution in [-0.2, 0) is 23.1 Å². The summed E-state index contributed by atoms with van der Waals surface area (Å²) in [6, 6.07) is 0. The largest absolute Gasteiger partial charge is 0.464 e. The van der Waals surface area contributed by atoms with E-state index in [1.165, 1.54) is 7.11 Å². The van der Waals surface area contributed by atoms with Crippen LogP contribution in [0.2, 0.25) is 0 Å². The van der Waals surface area contributed by atoms with Crippen LogP contribution in [0.1, 0.15) is 47.3 Å². The number of fused-ring (bicyclic) bond motifs is 1. The van der Waals surface area contributed by atoms with Crippen LogP contribution in [0.5, 0.6) is 0 Å². The number of carbonyl (C=O) groups excluding carboxylic acids is 1. The van der Waals surface area contributed by atoms with Crippen LogP contribution in [0.4, 0.5) is 0 Å². The van der Waals surface area contributed by atoms with Crippen molar-refractivity contribution in [3.05, 3.63) is 22.8 Å². The van der Waals surface area contributed by atoms with Gasteiger partial charge in [-0.1, -0.05) is 6.92 Å². The van der Waals surface area contributed by atoms with Gasteiger partial charge >= 0.3 is 5.97 Å². The van der Waals surface area contributed by atoms with E-state index in [2.05, 4.69) is 22.2 Å². The van der Waals surface area contributed by atoms with Gasteiger partial charge in [-0.05, 0) is 12.8 Å². The summed E-state index contributed by atoms with van der Waals surface area (Å²) in [6.45, 7) is 3.70. The van der Waals surface area contributed by atoms with Crippen molar-refractivity contribution in [2.24, 2.45) is 0 Å². The molecule has 2 heterocycles. The minimum atomic E-state index is -0.358. The summed E-state index contributed by atoms with van der Waals surface area (Å²) in [5.41, 5.74) is 2.43. The molecule has 0 atom stereocenters. The monoisotopic (exact) mass is 247 g/mol. The molecule has 1 aromatic heterocycles. The minimum Gasteiger partial charge on any atom is -0.464 e. The number of hydrogen-bond acceptors (Lipinski definition) is 5. The summed E-state index contributed by atoms with van der Waals surface area (Å²) in [6.07, 6.45) is 3.06. The van der Waals surface area contributed by atoms with Gasteiger partial charge in [0, 0.05) is 30.5 Å². The van der Waals surface area contributed by atoms with E-state index in [0.717, 1.165) is 42.9 Å². The molecule has 0 spiro atoms. The van der Waals surface area contributed by atoms with Gasteiger partial charge in [0.1, 0.15) is 5.82 Å². The van der Waals surface area contributed by atoms with Crippen molar-refractivity contribution < 1.29 is 9.53 Å². The highest BCUT2D eigenvalue weighted by atomic mass is 16.5. The highest BCUT2D eigenvalue weighted by molar-refractivity contribution is 5.89. The molecule has 0 aromatic carbocycles. The third-order valence-electron chi connectivity index (χ3n) is 3.85. The van der Waals surface area contributed by atoms with Crippen LogP contribution >= 0.6 is 0 Å². The Labute approximate surface area is 106 Å². The Morgan fingerprint density at radius 2 is 2.17 bits per heavy atom. The molecule has 0 radical (unpaired) electrons. The van der Waals surface area contributed by atoms with Crippen molar-refractivity contribution in [2.45, 2.75) is 38.1 Å². The first-order valence-corrected chi connectivity index (χ1v) is 6.33. The second-order valence-corrected chi connectivity index (χ2v) is 5.30. The average Bonchev–Trinajstić information content (AvgIpc) is 3.16. The fraction of sp³-hybridized carbons (Fsp3) is 0.615. The molecule has 5 heteroatoms. The first-order valence-electron chi connectivity index (χ1n) is 6.33. The topological polar surface area (TPSA) is 64.1 Å². The molecule has 5 nitrogen and oxygen atoms in total. The molecule has 3 rings (SSSR count). The van der Waals surface area contributed by atoms with Gasteiger partial charge in [-0.15, -0.1) is 0 Å². The molecule has 1 N–H and O–H groups in total. The predicted octanol–water partition coefficient (Wildman–Crippen LogP) is 0.960. The fourth-order valence-corrected chi connectivity index (χ4v) is 2.29. The molecule has 1 aromatic rings. The zero-order chi connectivity index (χ0) is 12.8. The van der Waals surface area contributed by atoms with Crippen LogP contribution in [0.25, 0.3) is 0 Å². The third kappa shape index (κ3) is 1.79. The van der Waals surface area contributed by atoms with E-state index in [4.69, 9.17) is 4.74 Å². The molecule has 0 amide bonds. The maximum absolute atomic E-state index is 11.8. The molecular formula is C13H17N3O2. The van der Waals surface area contributed by atoms with Crippen molar-refractivity contribution in [1.29, 1.82) is 0 Å². The molecule has 0 saturated heterocycles. The van der Waals surface area contributed by atoms with Gasteiger partial charge in [0.15, 0.2) is 5.69 Å². The predicted molar refractivity (Wildman–Crippen MR) is 65.4 cm³/mol. The number of esters is 1. The van der Waals surface area contributed by atoms with E-state index in [9.17, 15) is 4.79 Å². The average molecular weight is 247 g/mol. The van der Waals surface area contributed by atoms with Gasteiger partial charge in [0.2, 0.25) is 0 Å². The number of aromatic nitrogens is 2. The molecule has 0 bridgehead atoms. The lowest BCUT2D eigenvalue weighted by Gasteiger charge is -2.20. The Balaban J connectivity index is 2.12. The zero-order valence-corrected chi connectivity index (χ0v) is 10.7. The van der Waals surface area contributed by atoms with Crippen LogP contribution < -0.4 is 5.32 Å². The third-order valence-corrected chi connectivity index (χ3v) is 3.85. The highest BCUT2D eigenvalue weighted by Gasteiger charge is 2.43. The van der Waals surface area contributed by atoms with Gasteiger partial charge in [-0.2, -0.15) is 0 Å². The number of nitrogens with one attached hydrogen (secondary N) is 1. The van der Waals surface area contributed by atoms with Gasteiger partial charge in [0.25, 0.3) is 0 Å². The second kappa shape index (κ2) is 4.02. The summed E-state index contributed by atoms with van der Waals surface area (Å²) in [5, 5.41) is 3.25. The summed E-state index contributed by atoms with van der Waals surface area (Å²) in [7, 11) is 1.39. The lowest BCUT2D eigenvalue weighted by molar-refractivity contribution is 0.0591. The van der Waals surface area contributed by atoms with Crippen LogP contribution in [0.3, 0.4) is 0 Å². The molecule has 18 heavy (non-hydrogen) atoms. The molecule has 1 aliphatic heterocycles. The molecule has 1 aliphatic carbocycles. The molecule has 1 fully saturated rings. The number of rotatable bonds is 2. The Kier molecular flexibility index (Phi) is 2.59. The van der Waals surface area contributed by atoms with E-state index in [1.54, 1.807) is 0 Å². The zero-order valence-electron chi connectivity index (χ0n) is 10.7. The number of hydrogen-bond donors (Lipinski definition) is 1. The van der Waals surface area contributed by atoms with Gasteiger partial charge in [-0.25, -0.2) is 14.8 Å². The van der Waals surface area contributed by atoms with Gasteiger partial charge in [-0.3, -0.25) is 0 Å². The van der Waals surface area contributed by atoms with E-state index in [0.29, 0.717) is 12.2 Å². The smallest absolute Gasteiger partial charge is 0.357 e. The summed E-state index contributed by atoms with van der Waals surface area (Å²) < 4.78 is 4.83. The maximum atomic E-state index is 11.8. The van der Waals surface area contributed by atoms with E-state index in [1.807, 2.05) is 0 Å². The Morgan fingerprint density at radius 3 is 2.83 bits per heavy atom. The van der Waals surface area contributed by atoms with Gasteiger partial charge in [0.05, 0.1) is 12.8 Å². The van der Waals surface area contributed by atoms with Crippen molar-refractivity contribution in [1.82, 2.24) is 15.3 Å². The minimum absolute atomic E-state index is 0.0721. The molecule has 1 saturated carbocycles. The van der Waals surface area contributed by atoms with Crippen molar-refractivity contribution >= 4 is 5.97 Å². The van der Waals surface area contributed by atoms with Crippen LogP contribution in [-0.4, -0.2) is 29.6 Å². The molecule has 0 unspecified atom stereocenters. The van der Waals surface area contributed by atoms with Crippen molar-refractivity contribution in [3.63, 3.8) is 0 Å². The lowest BCUT2D eigenvalue weighted by atomic mass is 10.0. The van der Waals surface area contributed by atoms with Crippen molar-refractivity contribution in [3.8, 4) is 0 Å². The molecular weight excluding hydrogens is 230 g/mol. The Hall–Kier alpha value is -1.49. The van der Waals surface area contributed by atoms with E-state index in [-0.39, 0.29) is 11.4 Å². The van der Waals surface area contributed by atoms with Crippen LogP contribution in [0, 0.1) is 0 Å². The fourth-order valence-electron chi connectivity index (χ4n) is 2.29. The first-order chi connectivity index (χ1) is 8.64. The SMILES string of the molecule is COC(=O)c1nc(C2(C)CC2)nc2c1CNCC2. The number of ether oxygens (including phenoxy) is 1. The normalized spacial score (nSPS) is 20.1. The standard InChI is InChI=1S/C13H17N3O2/c1-13(4-5-13)12-15-9-3-6-14-7-8(9)10(16-12)11(17)18-2/h14H,3-7H2,1-2H3. The molecule has 96 valence electrons. The van der Waals surface area contributed by atoms with Crippen molar-refractivity contribution in [2.75, 3.05) is 13.7 Å².